The average Bonchev–Trinajstić information content (AvgIpc) is 3.36. The number of sulfonamides is 1. The van der Waals surface area contributed by atoms with Crippen molar-refractivity contribution in [1.82, 2.24) is 9.21 Å². The summed E-state index contributed by atoms with van der Waals surface area (Å²) in [7, 11) is -3.87. The van der Waals surface area contributed by atoms with Gasteiger partial charge in [0.1, 0.15) is 10.6 Å². The molecule has 0 unspecified atom stereocenters. The first-order valence-electron chi connectivity index (χ1n) is 10.3. The van der Waals surface area contributed by atoms with Gasteiger partial charge < -0.3 is 15.3 Å². The summed E-state index contributed by atoms with van der Waals surface area (Å²) in [6, 6.07) is 14.6. The quantitative estimate of drug-likeness (QED) is 0.577. The Labute approximate surface area is 196 Å². The summed E-state index contributed by atoms with van der Waals surface area (Å²) >= 11 is 1.33. The van der Waals surface area contributed by atoms with Crippen molar-refractivity contribution in [3.8, 4) is 5.75 Å². The Morgan fingerprint density at radius 3 is 2.45 bits per heavy atom. The molecule has 10 heteroatoms. The molecule has 172 valence electrons. The first kappa shape index (κ1) is 23.0. The molecule has 0 spiro atoms. The fourth-order valence-electron chi connectivity index (χ4n) is 3.61. The predicted octanol–water partition coefficient (Wildman–Crippen LogP) is 3.16. The van der Waals surface area contributed by atoms with Crippen LogP contribution >= 0.6 is 11.3 Å². The molecule has 1 aliphatic heterocycles. The molecule has 0 bridgehead atoms. The fourth-order valence-corrected chi connectivity index (χ4v) is 5.82. The van der Waals surface area contributed by atoms with Crippen molar-refractivity contribution in [2.24, 2.45) is 0 Å². The smallest absolute Gasteiger partial charge is 0.265 e. The lowest BCUT2D eigenvalue weighted by Gasteiger charge is -2.34. The summed E-state index contributed by atoms with van der Waals surface area (Å²) in [5, 5.41) is 14.6. The number of nitrogens with one attached hydrogen (secondary N) is 1. The SMILES string of the molecule is Cc1ccc(O)c(S(=O)(=O)N2CCN(C(=O)c3cccc(NC(=O)c4cccs4)c3)CC2)c1. The summed E-state index contributed by atoms with van der Waals surface area (Å²) in [6.07, 6.45) is 0. The van der Waals surface area contributed by atoms with Gasteiger partial charge in [-0.25, -0.2) is 8.42 Å². The molecule has 1 fully saturated rings. The molecule has 2 aromatic carbocycles. The maximum Gasteiger partial charge on any atom is 0.265 e. The van der Waals surface area contributed by atoms with Crippen LogP contribution in [0.3, 0.4) is 0 Å². The zero-order chi connectivity index (χ0) is 23.6. The number of thiophene rings is 1. The molecule has 0 aliphatic carbocycles. The van der Waals surface area contributed by atoms with Crippen molar-refractivity contribution >= 4 is 38.9 Å². The van der Waals surface area contributed by atoms with Crippen molar-refractivity contribution < 1.29 is 23.1 Å². The normalized spacial score (nSPS) is 14.8. The summed E-state index contributed by atoms with van der Waals surface area (Å²) in [5.41, 5.74) is 1.65. The van der Waals surface area contributed by atoms with E-state index < -0.39 is 10.0 Å². The van der Waals surface area contributed by atoms with Crippen LogP contribution in [-0.4, -0.2) is 60.7 Å². The molecular formula is C23H23N3O5S2. The van der Waals surface area contributed by atoms with E-state index >= 15 is 0 Å². The van der Waals surface area contributed by atoms with E-state index in [4.69, 9.17) is 0 Å². The van der Waals surface area contributed by atoms with Crippen molar-refractivity contribution in [3.63, 3.8) is 0 Å². The topological polar surface area (TPSA) is 107 Å². The molecule has 3 aromatic rings. The van der Waals surface area contributed by atoms with E-state index in [1.165, 1.54) is 27.8 Å². The van der Waals surface area contributed by atoms with Crippen LogP contribution < -0.4 is 5.32 Å². The minimum atomic E-state index is -3.87. The highest BCUT2D eigenvalue weighted by atomic mass is 32.2. The van der Waals surface area contributed by atoms with E-state index in [2.05, 4.69) is 5.32 Å². The zero-order valence-corrected chi connectivity index (χ0v) is 19.5. The fraction of sp³-hybridized carbons (Fsp3) is 0.217. The zero-order valence-electron chi connectivity index (χ0n) is 17.9. The number of piperazine rings is 1. The lowest BCUT2D eigenvalue weighted by atomic mass is 10.1. The number of anilines is 1. The van der Waals surface area contributed by atoms with Gasteiger partial charge in [0.25, 0.3) is 11.8 Å². The van der Waals surface area contributed by atoms with Crippen molar-refractivity contribution in [1.29, 1.82) is 0 Å². The summed E-state index contributed by atoms with van der Waals surface area (Å²) in [4.78, 5) is 27.3. The molecule has 1 saturated heterocycles. The van der Waals surface area contributed by atoms with Crippen LogP contribution in [-0.2, 0) is 10.0 Å². The number of benzene rings is 2. The summed E-state index contributed by atoms with van der Waals surface area (Å²) in [5.74, 6) is -0.772. The second kappa shape index (κ2) is 9.34. The first-order chi connectivity index (χ1) is 15.8. The molecule has 1 aromatic heterocycles. The Morgan fingerprint density at radius 1 is 1.00 bits per heavy atom. The Kier molecular flexibility index (Phi) is 6.50. The number of hydrogen-bond acceptors (Lipinski definition) is 6. The molecule has 1 aliphatic rings. The van der Waals surface area contributed by atoms with Gasteiger partial charge in [0.05, 0.1) is 4.88 Å². The molecule has 8 nitrogen and oxygen atoms in total. The van der Waals surface area contributed by atoms with E-state index in [0.29, 0.717) is 16.1 Å². The van der Waals surface area contributed by atoms with Crippen molar-refractivity contribution in [2.45, 2.75) is 11.8 Å². The highest BCUT2D eigenvalue weighted by molar-refractivity contribution is 7.89. The molecule has 0 radical (unpaired) electrons. The number of aryl methyl sites for hydroxylation is 1. The number of phenolic OH excluding ortho intramolecular Hbond substituents is 1. The third-order valence-corrected chi connectivity index (χ3v) is 8.17. The van der Waals surface area contributed by atoms with E-state index in [9.17, 15) is 23.1 Å². The second-order valence-corrected chi connectivity index (χ2v) is 10.5. The molecule has 0 atom stereocenters. The van der Waals surface area contributed by atoms with Gasteiger partial charge in [0.15, 0.2) is 0 Å². The van der Waals surface area contributed by atoms with E-state index in [1.54, 1.807) is 54.3 Å². The Balaban J connectivity index is 1.42. The number of carbonyl (C=O) groups excluding carboxylic acids is 2. The number of amides is 2. The number of carbonyl (C=O) groups is 2. The minimum Gasteiger partial charge on any atom is -0.507 e. The van der Waals surface area contributed by atoms with Gasteiger partial charge in [-0.2, -0.15) is 4.31 Å². The van der Waals surface area contributed by atoms with E-state index in [1.807, 2.05) is 5.38 Å². The van der Waals surface area contributed by atoms with Gasteiger partial charge in [0.2, 0.25) is 10.0 Å². The van der Waals surface area contributed by atoms with Gasteiger partial charge in [-0.1, -0.05) is 18.2 Å². The Hall–Kier alpha value is -3.21. The summed E-state index contributed by atoms with van der Waals surface area (Å²) < 4.78 is 27.2. The molecular weight excluding hydrogens is 462 g/mol. The average molecular weight is 486 g/mol. The van der Waals surface area contributed by atoms with Crippen molar-refractivity contribution in [3.05, 3.63) is 76.0 Å². The number of phenols is 1. The van der Waals surface area contributed by atoms with Gasteiger partial charge in [-0.3, -0.25) is 9.59 Å². The van der Waals surface area contributed by atoms with Gasteiger partial charge in [-0.15, -0.1) is 11.3 Å². The largest absolute Gasteiger partial charge is 0.507 e. The maximum atomic E-state index is 13.0. The Bertz CT molecular complexity index is 1280. The number of hydrogen-bond donors (Lipinski definition) is 2. The number of aromatic hydroxyl groups is 1. The molecule has 33 heavy (non-hydrogen) atoms. The highest BCUT2D eigenvalue weighted by Gasteiger charge is 2.32. The molecule has 2 N–H and O–H groups in total. The predicted molar refractivity (Wildman–Crippen MR) is 126 cm³/mol. The second-order valence-electron chi connectivity index (χ2n) is 7.68. The summed E-state index contributed by atoms with van der Waals surface area (Å²) in [6.45, 7) is 2.44. The van der Waals surface area contributed by atoms with Crippen LogP contribution in [0.15, 0.2) is 64.9 Å². The first-order valence-corrected chi connectivity index (χ1v) is 12.6. The lowest BCUT2D eigenvalue weighted by molar-refractivity contribution is 0.0697. The molecule has 0 saturated carbocycles. The third-order valence-electron chi connectivity index (χ3n) is 5.37. The van der Waals surface area contributed by atoms with E-state index in [-0.39, 0.29) is 48.6 Å². The number of rotatable bonds is 5. The number of nitrogens with zero attached hydrogens (tertiary/aromatic N) is 2. The Morgan fingerprint density at radius 2 is 1.76 bits per heavy atom. The van der Waals surface area contributed by atoms with Crippen LogP contribution in [0.5, 0.6) is 5.75 Å². The van der Waals surface area contributed by atoms with Crippen LogP contribution in [0.25, 0.3) is 0 Å². The van der Waals surface area contributed by atoms with Gasteiger partial charge in [0, 0.05) is 37.4 Å². The highest BCUT2D eigenvalue weighted by Crippen LogP contribution is 2.27. The van der Waals surface area contributed by atoms with Crippen LogP contribution in [0.1, 0.15) is 25.6 Å². The maximum absolute atomic E-state index is 13.0. The monoisotopic (exact) mass is 485 g/mol. The molecule has 2 heterocycles. The minimum absolute atomic E-state index is 0.121. The molecule has 4 rings (SSSR count). The van der Waals surface area contributed by atoms with Crippen molar-refractivity contribution in [2.75, 3.05) is 31.5 Å². The third kappa shape index (κ3) is 4.92. The van der Waals surface area contributed by atoms with Crippen LogP contribution in [0, 0.1) is 6.92 Å². The van der Waals surface area contributed by atoms with Gasteiger partial charge >= 0.3 is 0 Å². The standard InChI is InChI=1S/C23H23N3O5S2/c1-16-7-8-19(27)21(14-16)33(30,31)26-11-9-25(10-12-26)23(29)17-4-2-5-18(15-17)24-22(28)20-6-3-13-32-20/h2-8,13-15,27H,9-12H2,1H3,(H,24,28). The van der Waals surface area contributed by atoms with Crippen LogP contribution in [0.2, 0.25) is 0 Å². The van der Waals surface area contributed by atoms with E-state index in [0.717, 1.165) is 5.56 Å². The van der Waals surface area contributed by atoms with Crippen LogP contribution in [0.4, 0.5) is 5.69 Å². The molecule has 2 amide bonds. The lowest BCUT2D eigenvalue weighted by Crippen LogP contribution is -2.50. The van der Waals surface area contributed by atoms with Gasteiger partial charge in [-0.05, 0) is 54.3 Å².